The molecule has 0 bridgehead atoms. The van der Waals surface area contributed by atoms with Gasteiger partial charge in [0, 0.05) is 26.3 Å². The first kappa shape index (κ1) is 22.2. The first-order chi connectivity index (χ1) is 14.9. The van der Waals surface area contributed by atoms with Crippen LogP contribution in [0.25, 0.3) is 0 Å². The number of fused-ring (bicyclic) bond motifs is 1. The van der Waals surface area contributed by atoms with Crippen molar-refractivity contribution in [1.29, 1.82) is 0 Å². The Morgan fingerprint density at radius 3 is 2.68 bits per heavy atom. The number of rotatable bonds is 8. The van der Waals surface area contributed by atoms with Crippen molar-refractivity contribution in [2.75, 3.05) is 32.6 Å². The molecule has 0 aliphatic carbocycles. The number of ether oxygens (including phenoxy) is 2. The number of nitrogens with one attached hydrogen (secondary N) is 1. The summed E-state index contributed by atoms with van der Waals surface area (Å²) in [7, 11) is 3.37. The van der Waals surface area contributed by atoms with Crippen LogP contribution < -0.4 is 14.8 Å². The molecular weight excluding hydrogens is 394 g/mol. The largest absolute Gasteiger partial charge is 0.490 e. The number of carbonyl (C=O) groups is 2. The molecule has 1 aliphatic heterocycles. The predicted molar refractivity (Wildman–Crippen MR) is 120 cm³/mol. The molecule has 7 nitrogen and oxygen atoms in total. The first-order valence-electron chi connectivity index (χ1n) is 10.3. The Balaban J connectivity index is 1.96. The molecule has 0 saturated heterocycles. The van der Waals surface area contributed by atoms with Crippen molar-refractivity contribution in [1.82, 2.24) is 9.80 Å². The molecule has 1 aliphatic rings. The Morgan fingerprint density at radius 2 is 2.00 bits per heavy atom. The van der Waals surface area contributed by atoms with Crippen LogP contribution in [0.4, 0.5) is 5.69 Å². The van der Waals surface area contributed by atoms with E-state index in [0.717, 1.165) is 11.3 Å². The molecule has 0 unspecified atom stereocenters. The van der Waals surface area contributed by atoms with E-state index in [2.05, 4.69) is 11.9 Å². The molecule has 1 N–H and O–H groups in total. The molecule has 2 aromatic carbocycles. The number of anilines is 1. The third kappa shape index (κ3) is 4.66. The topological polar surface area (TPSA) is 71.1 Å². The minimum Gasteiger partial charge on any atom is -0.490 e. The van der Waals surface area contributed by atoms with Crippen molar-refractivity contribution < 1.29 is 19.1 Å². The third-order valence-corrected chi connectivity index (χ3v) is 5.02. The highest BCUT2D eigenvalue weighted by Gasteiger charge is 2.32. The monoisotopic (exact) mass is 423 g/mol. The van der Waals surface area contributed by atoms with Crippen LogP contribution in [0, 0.1) is 0 Å². The van der Waals surface area contributed by atoms with Crippen LogP contribution >= 0.6 is 0 Å². The van der Waals surface area contributed by atoms with Gasteiger partial charge in [-0.15, -0.1) is 6.58 Å². The maximum absolute atomic E-state index is 13.1. The molecule has 2 atom stereocenters. The van der Waals surface area contributed by atoms with Gasteiger partial charge < -0.3 is 24.6 Å². The van der Waals surface area contributed by atoms with E-state index in [0.29, 0.717) is 30.2 Å². The first-order valence-corrected chi connectivity index (χ1v) is 10.3. The molecule has 0 fully saturated rings. The molecule has 2 aromatic rings. The number of para-hydroxylation sites is 1. The van der Waals surface area contributed by atoms with Crippen LogP contribution in [-0.4, -0.2) is 55.0 Å². The van der Waals surface area contributed by atoms with Crippen molar-refractivity contribution >= 4 is 17.5 Å². The Labute approximate surface area is 183 Å². The summed E-state index contributed by atoms with van der Waals surface area (Å²) in [5, 5.41) is 3.44. The van der Waals surface area contributed by atoms with Gasteiger partial charge in [-0.2, -0.15) is 0 Å². The van der Waals surface area contributed by atoms with E-state index in [1.807, 2.05) is 43.3 Å². The van der Waals surface area contributed by atoms with Crippen molar-refractivity contribution in [2.24, 2.45) is 0 Å². The van der Waals surface area contributed by atoms with Crippen LogP contribution in [0.15, 0.2) is 55.1 Å². The summed E-state index contributed by atoms with van der Waals surface area (Å²) in [5.41, 5.74) is 2.25. The Bertz CT molecular complexity index is 973. The summed E-state index contributed by atoms with van der Waals surface area (Å²) in [6.07, 6.45) is 0.656. The molecule has 164 valence electrons. The Morgan fingerprint density at radius 1 is 1.26 bits per heavy atom. The zero-order chi connectivity index (χ0) is 22.5. The summed E-state index contributed by atoms with van der Waals surface area (Å²) in [5.74, 6) is 0.791. The second-order valence-corrected chi connectivity index (χ2v) is 7.47. The minimum atomic E-state index is -0.654. The van der Waals surface area contributed by atoms with Crippen LogP contribution in [0.3, 0.4) is 0 Å². The van der Waals surface area contributed by atoms with Gasteiger partial charge in [-0.1, -0.05) is 24.3 Å². The average Bonchev–Trinajstić information content (AvgIpc) is 2.76. The molecule has 0 radical (unpaired) electrons. The number of hydrogen-bond acceptors (Lipinski definition) is 5. The smallest absolute Gasteiger partial charge is 0.262 e. The lowest BCUT2D eigenvalue weighted by molar-refractivity contribution is -0.135. The van der Waals surface area contributed by atoms with Gasteiger partial charge in [-0.3, -0.25) is 9.59 Å². The maximum Gasteiger partial charge on any atom is 0.262 e. The highest BCUT2D eigenvalue weighted by molar-refractivity contribution is 6.01. The van der Waals surface area contributed by atoms with Crippen LogP contribution in [0.1, 0.15) is 35.9 Å². The molecule has 7 heteroatoms. The fourth-order valence-electron chi connectivity index (χ4n) is 3.55. The molecular formula is C24H29N3O4. The van der Waals surface area contributed by atoms with Crippen molar-refractivity contribution in [3.63, 3.8) is 0 Å². The fourth-order valence-corrected chi connectivity index (χ4v) is 3.55. The number of carbonyl (C=O) groups excluding carboxylic acids is 2. The van der Waals surface area contributed by atoms with Gasteiger partial charge in [0.05, 0.1) is 12.2 Å². The number of benzene rings is 2. The van der Waals surface area contributed by atoms with Gasteiger partial charge in [0.25, 0.3) is 11.8 Å². The predicted octanol–water partition coefficient (Wildman–Crippen LogP) is 3.69. The van der Waals surface area contributed by atoms with E-state index in [1.165, 1.54) is 4.90 Å². The lowest BCUT2D eigenvalue weighted by atomic mass is 10.0. The second kappa shape index (κ2) is 9.55. The normalized spacial score (nSPS) is 16.1. The molecule has 1 heterocycles. The SMILES string of the molecule is C=CCN1C(=O)c2ccccc2N[C@H]1c1ccc(O[C@H](C)C(=O)N(C)C)c(OCC)c1. The molecule has 0 spiro atoms. The molecule has 3 rings (SSSR count). The highest BCUT2D eigenvalue weighted by Crippen LogP contribution is 2.37. The number of amides is 2. The number of likely N-dealkylation sites (N-methyl/N-ethyl adjacent to an activating group) is 1. The summed E-state index contributed by atoms with van der Waals surface area (Å²) >= 11 is 0. The van der Waals surface area contributed by atoms with Gasteiger partial charge in [-0.25, -0.2) is 0 Å². The summed E-state index contributed by atoms with van der Waals surface area (Å²) < 4.78 is 11.7. The van der Waals surface area contributed by atoms with E-state index in [-0.39, 0.29) is 11.8 Å². The number of nitrogens with zero attached hydrogens (tertiary/aromatic N) is 2. The zero-order valence-corrected chi connectivity index (χ0v) is 18.4. The van der Waals surface area contributed by atoms with Gasteiger partial charge in [0.15, 0.2) is 17.6 Å². The van der Waals surface area contributed by atoms with Gasteiger partial charge in [0.1, 0.15) is 6.17 Å². The van der Waals surface area contributed by atoms with Gasteiger partial charge >= 0.3 is 0 Å². The van der Waals surface area contributed by atoms with E-state index in [1.54, 1.807) is 38.1 Å². The lowest BCUT2D eigenvalue weighted by Crippen LogP contribution is -2.43. The maximum atomic E-state index is 13.1. The highest BCUT2D eigenvalue weighted by atomic mass is 16.5. The van der Waals surface area contributed by atoms with Crippen molar-refractivity contribution in [2.45, 2.75) is 26.1 Å². The third-order valence-electron chi connectivity index (χ3n) is 5.02. The minimum absolute atomic E-state index is 0.0669. The van der Waals surface area contributed by atoms with Crippen LogP contribution in [0.5, 0.6) is 11.5 Å². The van der Waals surface area contributed by atoms with Crippen molar-refractivity contribution in [3.05, 3.63) is 66.2 Å². The van der Waals surface area contributed by atoms with Gasteiger partial charge in [0.2, 0.25) is 0 Å². The van der Waals surface area contributed by atoms with Crippen LogP contribution in [0.2, 0.25) is 0 Å². The summed E-state index contributed by atoms with van der Waals surface area (Å²) in [6, 6.07) is 12.9. The fraction of sp³-hybridized carbons (Fsp3) is 0.333. The standard InChI is InChI=1S/C24H29N3O4/c1-6-14-27-22(25-19-11-9-8-10-18(19)24(27)29)17-12-13-20(21(15-17)30-7-2)31-16(3)23(28)26(4)5/h6,8-13,15-16,22,25H,1,7,14H2,2-5H3/t16-,22-/m1/s1. The van der Waals surface area contributed by atoms with E-state index < -0.39 is 12.3 Å². The second-order valence-electron chi connectivity index (χ2n) is 7.47. The quantitative estimate of drug-likeness (QED) is 0.656. The van der Waals surface area contributed by atoms with Crippen molar-refractivity contribution in [3.8, 4) is 11.5 Å². The van der Waals surface area contributed by atoms with Gasteiger partial charge in [-0.05, 0) is 43.7 Å². The molecule has 2 amide bonds. The molecule has 31 heavy (non-hydrogen) atoms. The molecule has 0 saturated carbocycles. The van der Waals surface area contributed by atoms with E-state index >= 15 is 0 Å². The summed E-state index contributed by atoms with van der Waals surface area (Å²) in [4.78, 5) is 28.5. The van der Waals surface area contributed by atoms with Crippen LogP contribution in [-0.2, 0) is 4.79 Å². The van der Waals surface area contributed by atoms with E-state index in [9.17, 15) is 9.59 Å². The Hall–Kier alpha value is -3.48. The Kier molecular flexibility index (Phi) is 6.84. The average molecular weight is 424 g/mol. The summed E-state index contributed by atoms with van der Waals surface area (Å²) in [6.45, 7) is 8.21. The molecule has 0 aromatic heterocycles. The lowest BCUT2D eigenvalue weighted by Gasteiger charge is -2.37. The number of hydrogen-bond donors (Lipinski definition) is 1. The zero-order valence-electron chi connectivity index (χ0n) is 18.4. The van der Waals surface area contributed by atoms with E-state index in [4.69, 9.17) is 9.47 Å².